The van der Waals surface area contributed by atoms with Crippen LogP contribution in [0, 0.1) is 0 Å². The van der Waals surface area contributed by atoms with Gasteiger partial charge in [0.15, 0.2) is 5.15 Å². The molecule has 188 valence electrons. The van der Waals surface area contributed by atoms with Crippen LogP contribution >= 0.6 is 11.6 Å². The van der Waals surface area contributed by atoms with Crippen LogP contribution in [0.1, 0.15) is 31.5 Å². The number of fused-ring (bicyclic) bond motifs is 2. The molecule has 10 heteroatoms. The summed E-state index contributed by atoms with van der Waals surface area (Å²) < 4.78 is 34.5. The summed E-state index contributed by atoms with van der Waals surface area (Å²) in [5, 5.41) is 10.8. The van der Waals surface area contributed by atoms with Gasteiger partial charge in [0.05, 0.1) is 22.5 Å². The number of halogens is 1. The number of imidazole rings is 1. The molecule has 3 heterocycles. The van der Waals surface area contributed by atoms with Crippen LogP contribution in [0.15, 0.2) is 73.1 Å². The minimum atomic E-state index is -4.37. The summed E-state index contributed by atoms with van der Waals surface area (Å²) in [5.41, 5.74) is 3.22. The van der Waals surface area contributed by atoms with Crippen LogP contribution in [0.25, 0.3) is 38.9 Å². The van der Waals surface area contributed by atoms with Crippen molar-refractivity contribution in [3.8, 4) is 22.5 Å². The first-order valence-electron chi connectivity index (χ1n) is 11.8. The van der Waals surface area contributed by atoms with Gasteiger partial charge in [-0.2, -0.15) is 8.42 Å². The van der Waals surface area contributed by atoms with E-state index in [1.54, 1.807) is 12.4 Å². The fraction of sp³-hybridized carbons (Fsp3) is 0.222. The van der Waals surface area contributed by atoms with E-state index < -0.39 is 21.0 Å². The molecule has 5 aromatic rings. The van der Waals surface area contributed by atoms with Crippen LogP contribution in [0.5, 0.6) is 0 Å². The van der Waals surface area contributed by atoms with Gasteiger partial charge in [-0.15, -0.1) is 0 Å². The largest absolute Gasteiger partial charge is 0.388 e. The van der Waals surface area contributed by atoms with Crippen LogP contribution in [0.3, 0.4) is 0 Å². The molecule has 0 bridgehead atoms. The normalized spacial score (nSPS) is 20.7. The van der Waals surface area contributed by atoms with E-state index in [1.807, 2.05) is 65.1 Å². The Morgan fingerprint density at radius 3 is 2.51 bits per heavy atom. The lowest BCUT2D eigenvalue weighted by atomic mass is 9.69. The monoisotopic (exact) mass is 534 g/mol. The molecule has 1 fully saturated rings. The first kappa shape index (κ1) is 24.0. The molecule has 2 N–H and O–H groups in total. The molecular formula is C27H23ClN4O4S. The highest BCUT2D eigenvalue weighted by Crippen LogP contribution is 2.48. The van der Waals surface area contributed by atoms with Crippen LogP contribution in [-0.4, -0.2) is 48.3 Å². The van der Waals surface area contributed by atoms with Gasteiger partial charge in [-0.1, -0.05) is 60.1 Å². The molecule has 6 rings (SSSR count). The van der Waals surface area contributed by atoms with Crippen LogP contribution in [0.2, 0.25) is 5.15 Å². The second-order valence-electron chi connectivity index (χ2n) is 9.59. The molecule has 1 aliphatic carbocycles. The predicted molar refractivity (Wildman–Crippen MR) is 142 cm³/mol. The highest BCUT2D eigenvalue weighted by molar-refractivity contribution is 7.86. The number of aromatic nitrogens is 4. The van der Waals surface area contributed by atoms with Crippen molar-refractivity contribution in [1.82, 2.24) is 19.4 Å². The van der Waals surface area contributed by atoms with E-state index in [1.165, 1.54) is 6.92 Å². The maximum Gasteiger partial charge on any atom is 0.270 e. The lowest BCUT2D eigenvalue weighted by Crippen LogP contribution is -2.54. The lowest BCUT2D eigenvalue weighted by Gasteiger charge is -2.45. The molecule has 1 saturated carbocycles. The van der Waals surface area contributed by atoms with Crippen molar-refractivity contribution in [1.29, 1.82) is 0 Å². The molecule has 2 aromatic carbocycles. The van der Waals surface area contributed by atoms with Gasteiger partial charge >= 0.3 is 0 Å². The molecule has 1 aliphatic rings. The number of hydrogen-bond acceptors (Lipinski definition) is 6. The standard InChI is InChI=1S/C27H23ClN4O4S/c1-16(37(34,35)36)27(33)14-20(15-27)26-31-23(24-25(28)29-11-12-32(24)26)19-8-7-18-9-10-21(30-22(18)13-19)17-5-3-2-4-6-17/h2-13,16,20,33H,14-15H2,1H3,(H,34,35,36). The zero-order valence-electron chi connectivity index (χ0n) is 19.8. The van der Waals surface area contributed by atoms with Crippen molar-refractivity contribution in [2.45, 2.75) is 36.5 Å². The highest BCUT2D eigenvalue weighted by Gasteiger charge is 2.52. The summed E-state index contributed by atoms with van der Waals surface area (Å²) in [7, 11) is -4.37. The number of hydrogen-bond donors (Lipinski definition) is 2. The van der Waals surface area contributed by atoms with Gasteiger partial charge in [0, 0.05) is 34.8 Å². The third kappa shape index (κ3) is 4.08. The molecule has 0 amide bonds. The van der Waals surface area contributed by atoms with Crippen LogP contribution in [-0.2, 0) is 10.1 Å². The van der Waals surface area contributed by atoms with Crippen molar-refractivity contribution in [2.24, 2.45) is 0 Å². The topological polar surface area (TPSA) is 118 Å². The molecule has 3 aromatic heterocycles. The summed E-state index contributed by atoms with van der Waals surface area (Å²) >= 11 is 6.53. The number of benzene rings is 2. The average Bonchev–Trinajstić information content (AvgIpc) is 3.26. The highest BCUT2D eigenvalue weighted by atomic mass is 35.5. The summed E-state index contributed by atoms with van der Waals surface area (Å²) in [4.78, 5) is 14.0. The molecule has 1 atom stereocenters. The first-order chi connectivity index (χ1) is 17.6. The fourth-order valence-electron chi connectivity index (χ4n) is 5.13. The lowest BCUT2D eigenvalue weighted by molar-refractivity contribution is -0.0516. The summed E-state index contributed by atoms with van der Waals surface area (Å²) in [5.74, 6) is 0.421. The second-order valence-corrected chi connectivity index (χ2v) is 11.7. The fourth-order valence-corrected chi connectivity index (χ4v) is 6.12. The molecule has 0 saturated heterocycles. The van der Waals surface area contributed by atoms with E-state index in [4.69, 9.17) is 21.6 Å². The Bertz CT molecular complexity index is 1770. The number of aliphatic hydroxyl groups is 1. The predicted octanol–water partition coefficient (Wildman–Crippen LogP) is 5.15. The number of pyridine rings is 1. The molecular weight excluding hydrogens is 512 g/mol. The Morgan fingerprint density at radius 2 is 1.78 bits per heavy atom. The molecule has 37 heavy (non-hydrogen) atoms. The van der Waals surface area contributed by atoms with Gasteiger partial charge in [0.2, 0.25) is 0 Å². The zero-order valence-corrected chi connectivity index (χ0v) is 21.4. The molecule has 0 aliphatic heterocycles. The SMILES string of the molecule is CC(C1(O)CC(c2nc(-c3ccc4ccc(-c5ccccc5)nc4c3)c3c(Cl)nccn23)C1)S(=O)(=O)O. The Kier molecular flexibility index (Phi) is 5.57. The summed E-state index contributed by atoms with van der Waals surface area (Å²) in [6, 6.07) is 19.9. The molecule has 1 unspecified atom stereocenters. The van der Waals surface area contributed by atoms with Crippen LogP contribution in [0.4, 0.5) is 0 Å². The van der Waals surface area contributed by atoms with Gasteiger partial charge in [-0.25, -0.2) is 15.0 Å². The van der Waals surface area contributed by atoms with E-state index in [2.05, 4.69) is 4.98 Å². The Morgan fingerprint density at radius 1 is 1.05 bits per heavy atom. The molecule has 0 radical (unpaired) electrons. The van der Waals surface area contributed by atoms with Crippen molar-refractivity contribution < 1.29 is 18.1 Å². The van der Waals surface area contributed by atoms with Crippen LogP contribution < -0.4 is 0 Å². The summed E-state index contributed by atoms with van der Waals surface area (Å²) in [6.45, 7) is 1.31. The van der Waals surface area contributed by atoms with Gasteiger partial charge in [0.25, 0.3) is 10.1 Å². The van der Waals surface area contributed by atoms with E-state index in [0.717, 1.165) is 27.7 Å². The Hall–Kier alpha value is -3.37. The minimum absolute atomic E-state index is 0.145. The Labute approximate surface area is 218 Å². The van der Waals surface area contributed by atoms with Gasteiger partial charge in [-0.05, 0) is 31.9 Å². The third-order valence-corrected chi connectivity index (χ3v) is 8.95. The minimum Gasteiger partial charge on any atom is -0.388 e. The smallest absolute Gasteiger partial charge is 0.270 e. The maximum atomic E-state index is 11.6. The zero-order chi connectivity index (χ0) is 25.9. The van der Waals surface area contributed by atoms with Crippen molar-refractivity contribution >= 4 is 38.1 Å². The molecule has 8 nitrogen and oxygen atoms in total. The van der Waals surface area contributed by atoms with Gasteiger partial charge in [-0.3, -0.25) is 8.95 Å². The maximum absolute atomic E-state index is 11.6. The first-order valence-corrected chi connectivity index (χ1v) is 13.7. The van der Waals surface area contributed by atoms with Crippen molar-refractivity contribution in [3.63, 3.8) is 0 Å². The number of nitrogens with zero attached hydrogens (tertiary/aromatic N) is 4. The van der Waals surface area contributed by atoms with E-state index >= 15 is 0 Å². The molecule has 0 spiro atoms. The quantitative estimate of drug-likeness (QED) is 0.299. The average molecular weight is 535 g/mol. The van der Waals surface area contributed by atoms with Gasteiger partial charge < -0.3 is 5.11 Å². The van der Waals surface area contributed by atoms with Crippen molar-refractivity contribution in [2.75, 3.05) is 0 Å². The second kappa shape index (κ2) is 8.59. The van der Waals surface area contributed by atoms with Crippen molar-refractivity contribution in [3.05, 3.63) is 84.0 Å². The summed E-state index contributed by atoms with van der Waals surface area (Å²) in [6.07, 6.45) is 3.62. The van der Waals surface area contributed by atoms with E-state index in [-0.39, 0.29) is 23.9 Å². The number of rotatable bonds is 5. The Balaban J connectivity index is 1.43. The van der Waals surface area contributed by atoms with Gasteiger partial charge in [0.1, 0.15) is 16.6 Å². The van der Waals surface area contributed by atoms with E-state index in [0.29, 0.717) is 17.0 Å². The van der Waals surface area contributed by atoms with E-state index in [9.17, 15) is 18.1 Å². The third-order valence-electron chi connectivity index (χ3n) is 7.34.